The van der Waals surface area contributed by atoms with Gasteiger partial charge in [-0.05, 0) is 44.7 Å². The molecule has 1 atom stereocenters. The Kier molecular flexibility index (Phi) is 3.69. The number of piperidine rings is 1. The fourth-order valence-corrected chi connectivity index (χ4v) is 3.34. The van der Waals surface area contributed by atoms with Crippen LogP contribution in [-0.4, -0.2) is 34.1 Å². The van der Waals surface area contributed by atoms with E-state index in [-0.39, 0.29) is 0 Å². The van der Waals surface area contributed by atoms with Crippen LogP contribution < -0.4 is 0 Å². The molecular weight excluding hydrogens is 222 g/mol. The Labute approximate surface area is 110 Å². The number of aromatic nitrogens is 2. The Morgan fingerprint density at radius 3 is 2.89 bits per heavy atom. The van der Waals surface area contributed by atoms with Crippen LogP contribution in [0.3, 0.4) is 0 Å². The summed E-state index contributed by atoms with van der Waals surface area (Å²) >= 11 is 0. The van der Waals surface area contributed by atoms with Gasteiger partial charge in [0.25, 0.3) is 0 Å². The largest absolute Gasteiger partial charge is 0.332 e. The third-order valence-electron chi connectivity index (χ3n) is 4.52. The topological polar surface area (TPSA) is 21.1 Å². The molecule has 1 aromatic rings. The lowest BCUT2D eigenvalue weighted by Crippen LogP contribution is -2.32. The number of hydrogen-bond acceptors (Lipinski definition) is 2. The van der Waals surface area contributed by atoms with Gasteiger partial charge in [0.2, 0.25) is 0 Å². The van der Waals surface area contributed by atoms with Crippen LogP contribution in [0.5, 0.6) is 0 Å². The van der Waals surface area contributed by atoms with Crippen LogP contribution >= 0.6 is 0 Å². The first kappa shape index (κ1) is 12.2. The molecule has 1 unspecified atom stereocenters. The second-order valence-corrected chi connectivity index (χ2v) is 6.07. The van der Waals surface area contributed by atoms with Crippen molar-refractivity contribution in [1.82, 2.24) is 14.5 Å². The van der Waals surface area contributed by atoms with Crippen LogP contribution in [0.1, 0.15) is 44.1 Å². The van der Waals surface area contributed by atoms with Crippen LogP contribution in [0.15, 0.2) is 6.20 Å². The van der Waals surface area contributed by atoms with Crippen molar-refractivity contribution in [3.8, 4) is 0 Å². The van der Waals surface area contributed by atoms with Gasteiger partial charge in [-0.3, -0.25) is 0 Å². The molecule has 1 aromatic heterocycles. The van der Waals surface area contributed by atoms with Crippen molar-refractivity contribution < 1.29 is 0 Å². The average Bonchev–Trinajstić information content (AvgIpc) is 2.80. The van der Waals surface area contributed by atoms with E-state index in [9.17, 15) is 0 Å². The molecule has 1 saturated heterocycles. The summed E-state index contributed by atoms with van der Waals surface area (Å²) in [5.41, 5.74) is 1.46. The van der Waals surface area contributed by atoms with Crippen molar-refractivity contribution in [3.63, 3.8) is 0 Å². The maximum atomic E-state index is 4.65. The molecule has 0 saturated carbocycles. The SMILES string of the molecule is CC1CCn2c(cnc2CCN2CCCCC2)C1. The Hall–Kier alpha value is -0.830. The quantitative estimate of drug-likeness (QED) is 0.818. The molecule has 0 radical (unpaired) electrons. The summed E-state index contributed by atoms with van der Waals surface area (Å²) < 4.78 is 2.48. The minimum Gasteiger partial charge on any atom is -0.332 e. The normalized spacial score (nSPS) is 25.1. The molecule has 0 aromatic carbocycles. The molecule has 3 rings (SSSR count). The second-order valence-electron chi connectivity index (χ2n) is 6.07. The van der Waals surface area contributed by atoms with Gasteiger partial charge in [-0.2, -0.15) is 0 Å². The molecule has 0 spiro atoms. The zero-order chi connectivity index (χ0) is 12.4. The number of likely N-dealkylation sites (tertiary alicyclic amines) is 1. The van der Waals surface area contributed by atoms with Gasteiger partial charge in [0.05, 0.1) is 0 Å². The zero-order valence-corrected chi connectivity index (χ0v) is 11.6. The van der Waals surface area contributed by atoms with Crippen LogP contribution in [-0.2, 0) is 19.4 Å². The molecule has 3 nitrogen and oxygen atoms in total. The summed E-state index contributed by atoms with van der Waals surface area (Å²) in [6, 6.07) is 0. The standard InChI is InChI=1S/C15H25N3/c1-13-5-10-18-14(11-13)12-16-15(18)6-9-17-7-3-2-4-8-17/h12-13H,2-11H2,1H3. The first-order chi connectivity index (χ1) is 8.83. The van der Waals surface area contributed by atoms with Crippen LogP contribution in [0.4, 0.5) is 0 Å². The maximum Gasteiger partial charge on any atom is 0.110 e. The highest BCUT2D eigenvalue weighted by Crippen LogP contribution is 2.21. The first-order valence-electron chi connectivity index (χ1n) is 7.58. The average molecular weight is 247 g/mol. The number of fused-ring (bicyclic) bond motifs is 1. The highest BCUT2D eigenvalue weighted by Gasteiger charge is 2.19. The lowest BCUT2D eigenvalue weighted by molar-refractivity contribution is 0.229. The predicted molar refractivity (Wildman–Crippen MR) is 73.7 cm³/mol. The lowest BCUT2D eigenvalue weighted by Gasteiger charge is -2.27. The van der Waals surface area contributed by atoms with Crippen molar-refractivity contribution in [1.29, 1.82) is 0 Å². The van der Waals surface area contributed by atoms with Crippen molar-refractivity contribution >= 4 is 0 Å². The molecule has 2 aliphatic heterocycles. The monoisotopic (exact) mass is 247 g/mol. The summed E-state index contributed by atoms with van der Waals surface area (Å²) in [4.78, 5) is 7.26. The van der Waals surface area contributed by atoms with Crippen molar-refractivity contribution in [2.24, 2.45) is 5.92 Å². The third kappa shape index (κ3) is 2.61. The molecule has 2 aliphatic rings. The van der Waals surface area contributed by atoms with E-state index >= 15 is 0 Å². The molecule has 18 heavy (non-hydrogen) atoms. The Balaban J connectivity index is 1.59. The fourth-order valence-electron chi connectivity index (χ4n) is 3.34. The molecule has 0 amide bonds. The van der Waals surface area contributed by atoms with Gasteiger partial charge in [-0.25, -0.2) is 4.98 Å². The Morgan fingerprint density at radius 2 is 2.06 bits per heavy atom. The van der Waals surface area contributed by atoms with Gasteiger partial charge in [0, 0.05) is 31.4 Å². The number of imidazole rings is 1. The van der Waals surface area contributed by atoms with Gasteiger partial charge in [0.15, 0.2) is 0 Å². The highest BCUT2D eigenvalue weighted by atomic mass is 15.1. The third-order valence-corrected chi connectivity index (χ3v) is 4.52. The van der Waals surface area contributed by atoms with E-state index in [1.54, 1.807) is 0 Å². The molecule has 1 fully saturated rings. The molecule has 3 heterocycles. The van der Waals surface area contributed by atoms with Gasteiger partial charge < -0.3 is 9.47 Å². The van der Waals surface area contributed by atoms with Crippen LogP contribution in [0.2, 0.25) is 0 Å². The van der Waals surface area contributed by atoms with E-state index < -0.39 is 0 Å². The van der Waals surface area contributed by atoms with Gasteiger partial charge in [-0.15, -0.1) is 0 Å². The van der Waals surface area contributed by atoms with Crippen molar-refractivity contribution in [3.05, 3.63) is 17.7 Å². The van der Waals surface area contributed by atoms with Crippen molar-refractivity contribution in [2.75, 3.05) is 19.6 Å². The highest BCUT2D eigenvalue weighted by molar-refractivity contribution is 5.09. The second kappa shape index (κ2) is 5.43. The molecule has 100 valence electrons. The molecular formula is C15H25N3. The van der Waals surface area contributed by atoms with E-state index in [1.807, 2.05) is 0 Å². The van der Waals surface area contributed by atoms with E-state index in [0.29, 0.717) is 0 Å². The fraction of sp³-hybridized carbons (Fsp3) is 0.800. The Morgan fingerprint density at radius 1 is 1.22 bits per heavy atom. The summed E-state index contributed by atoms with van der Waals surface area (Å²) in [7, 11) is 0. The number of rotatable bonds is 3. The molecule has 3 heteroatoms. The van der Waals surface area contributed by atoms with Crippen LogP contribution in [0.25, 0.3) is 0 Å². The maximum absolute atomic E-state index is 4.65. The summed E-state index contributed by atoms with van der Waals surface area (Å²) in [5.74, 6) is 2.16. The zero-order valence-electron chi connectivity index (χ0n) is 11.6. The summed E-state index contributed by atoms with van der Waals surface area (Å²) in [6.07, 6.45) is 9.98. The smallest absolute Gasteiger partial charge is 0.110 e. The molecule has 0 bridgehead atoms. The van der Waals surface area contributed by atoms with Gasteiger partial charge >= 0.3 is 0 Å². The van der Waals surface area contributed by atoms with E-state index in [2.05, 4.69) is 27.6 Å². The predicted octanol–water partition coefficient (Wildman–Crippen LogP) is 2.49. The molecule has 0 N–H and O–H groups in total. The van der Waals surface area contributed by atoms with Crippen molar-refractivity contribution in [2.45, 2.75) is 52.0 Å². The molecule has 0 aliphatic carbocycles. The van der Waals surface area contributed by atoms with Crippen LogP contribution in [0, 0.1) is 5.92 Å². The number of nitrogens with zero attached hydrogens (tertiary/aromatic N) is 3. The van der Waals surface area contributed by atoms with E-state index in [0.717, 1.165) is 12.3 Å². The summed E-state index contributed by atoms with van der Waals surface area (Å²) in [6.45, 7) is 7.33. The minimum absolute atomic E-state index is 0.837. The Bertz CT molecular complexity index is 390. The number of hydrogen-bond donors (Lipinski definition) is 0. The van der Waals surface area contributed by atoms with E-state index in [1.165, 1.54) is 69.8 Å². The first-order valence-corrected chi connectivity index (χ1v) is 7.58. The lowest BCUT2D eigenvalue weighted by atomic mass is 9.98. The van der Waals surface area contributed by atoms with E-state index in [4.69, 9.17) is 0 Å². The van der Waals surface area contributed by atoms with Gasteiger partial charge in [0.1, 0.15) is 5.82 Å². The van der Waals surface area contributed by atoms with Gasteiger partial charge in [-0.1, -0.05) is 13.3 Å². The summed E-state index contributed by atoms with van der Waals surface area (Å²) in [5, 5.41) is 0. The minimum atomic E-state index is 0.837.